The highest BCUT2D eigenvalue weighted by Gasteiger charge is 2.15. The first-order valence-corrected chi connectivity index (χ1v) is 5.33. The van der Waals surface area contributed by atoms with E-state index in [4.69, 9.17) is 15.6 Å². The maximum absolute atomic E-state index is 11.1. The largest absolute Gasteiger partial charge is 0.480 e. The smallest absolute Gasteiger partial charge is 0.258 e. The molecule has 1 aromatic rings. The number of hydrogen-bond donors (Lipinski definition) is 2. The Labute approximate surface area is 95.0 Å². The number of nitrogens with two attached hydrogens (primary N) is 1. The molecule has 0 saturated carbocycles. The maximum Gasteiger partial charge on any atom is 0.258 e. The van der Waals surface area contributed by atoms with E-state index in [0.717, 1.165) is 5.56 Å². The van der Waals surface area contributed by atoms with Crippen LogP contribution in [0, 0.1) is 0 Å². The standard InChI is InChI=1S/C12H17NO3/c1-2-10(12(13)15)16-11-6-4-3-5-9(11)7-8-14/h3-6,10,14H,2,7-8H2,1H3,(H2,13,15). The summed E-state index contributed by atoms with van der Waals surface area (Å²) >= 11 is 0. The van der Waals surface area contributed by atoms with Gasteiger partial charge < -0.3 is 15.6 Å². The zero-order valence-electron chi connectivity index (χ0n) is 9.35. The Morgan fingerprint density at radius 2 is 2.19 bits per heavy atom. The average Bonchev–Trinajstić information content (AvgIpc) is 2.27. The molecule has 1 rings (SSSR count). The molecule has 0 heterocycles. The summed E-state index contributed by atoms with van der Waals surface area (Å²) in [5, 5.41) is 8.90. The van der Waals surface area contributed by atoms with Crippen LogP contribution in [0.5, 0.6) is 5.75 Å². The lowest BCUT2D eigenvalue weighted by Crippen LogP contribution is -2.33. The second-order valence-corrected chi connectivity index (χ2v) is 3.50. The molecule has 1 unspecified atom stereocenters. The minimum atomic E-state index is -0.611. The second kappa shape index (κ2) is 6.12. The molecular formula is C12H17NO3. The summed E-state index contributed by atoms with van der Waals surface area (Å²) in [4.78, 5) is 11.1. The van der Waals surface area contributed by atoms with Gasteiger partial charge in [-0.2, -0.15) is 0 Å². The summed E-state index contributed by atoms with van der Waals surface area (Å²) in [5.41, 5.74) is 6.09. The third-order valence-electron chi connectivity index (χ3n) is 2.31. The van der Waals surface area contributed by atoms with Crippen LogP contribution in [-0.2, 0) is 11.2 Å². The fourth-order valence-electron chi connectivity index (χ4n) is 1.44. The highest BCUT2D eigenvalue weighted by Crippen LogP contribution is 2.20. The predicted octanol–water partition coefficient (Wildman–Crippen LogP) is 0.864. The Bertz CT molecular complexity index is 352. The summed E-state index contributed by atoms with van der Waals surface area (Å²) in [6.45, 7) is 1.89. The van der Waals surface area contributed by atoms with Gasteiger partial charge in [0.25, 0.3) is 5.91 Å². The highest BCUT2D eigenvalue weighted by atomic mass is 16.5. The number of carbonyl (C=O) groups is 1. The molecule has 16 heavy (non-hydrogen) atoms. The van der Waals surface area contributed by atoms with Gasteiger partial charge in [-0.1, -0.05) is 25.1 Å². The number of para-hydroxylation sites is 1. The van der Waals surface area contributed by atoms with Crippen molar-refractivity contribution in [2.75, 3.05) is 6.61 Å². The van der Waals surface area contributed by atoms with E-state index in [0.29, 0.717) is 18.6 Å². The number of amides is 1. The Morgan fingerprint density at radius 3 is 2.75 bits per heavy atom. The first-order chi connectivity index (χ1) is 7.69. The maximum atomic E-state index is 11.1. The SMILES string of the molecule is CCC(Oc1ccccc1CCO)C(N)=O. The molecule has 0 aliphatic rings. The van der Waals surface area contributed by atoms with Gasteiger partial charge in [-0.05, 0) is 24.5 Å². The first-order valence-electron chi connectivity index (χ1n) is 5.33. The van der Waals surface area contributed by atoms with Crippen molar-refractivity contribution < 1.29 is 14.6 Å². The molecule has 4 nitrogen and oxygen atoms in total. The van der Waals surface area contributed by atoms with Crippen LogP contribution < -0.4 is 10.5 Å². The summed E-state index contributed by atoms with van der Waals surface area (Å²) in [5.74, 6) is 0.142. The zero-order chi connectivity index (χ0) is 12.0. The minimum Gasteiger partial charge on any atom is -0.480 e. The van der Waals surface area contributed by atoms with Crippen LogP contribution in [0.4, 0.5) is 0 Å². The third kappa shape index (κ3) is 3.24. The van der Waals surface area contributed by atoms with Crippen LogP contribution in [0.25, 0.3) is 0 Å². The molecule has 4 heteroatoms. The van der Waals surface area contributed by atoms with E-state index in [1.807, 2.05) is 25.1 Å². The number of rotatable bonds is 6. The quantitative estimate of drug-likeness (QED) is 0.751. The molecule has 0 aliphatic carbocycles. The molecule has 0 radical (unpaired) electrons. The lowest BCUT2D eigenvalue weighted by Gasteiger charge is -2.16. The van der Waals surface area contributed by atoms with E-state index in [-0.39, 0.29) is 6.61 Å². The van der Waals surface area contributed by atoms with Gasteiger partial charge in [0.1, 0.15) is 5.75 Å². The van der Waals surface area contributed by atoms with E-state index in [1.54, 1.807) is 6.07 Å². The normalized spacial score (nSPS) is 12.1. The fraction of sp³-hybridized carbons (Fsp3) is 0.417. The van der Waals surface area contributed by atoms with Crippen molar-refractivity contribution in [3.63, 3.8) is 0 Å². The monoisotopic (exact) mass is 223 g/mol. The van der Waals surface area contributed by atoms with Crippen molar-refractivity contribution in [2.45, 2.75) is 25.9 Å². The van der Waals surface area contributed by atoms with Crippen molar-refractivity contribution in [3.05, 3.63) is 29.8 Å². The summed E-state index contributed by atoms with van der Waals surface area (Å²) in [7, 11) is 0. The topological polar surface area (TPSA) is 72.6 Å². The van der Waals surface area contributed by atoms with Crippen LogP contribution in [0.3, 0.4) is 0 Å². The van der Waals surface area contributed by atoms with Crippen molar-refractivity contribution >= 4 is 5.91 Å². The summed E-state index contributed by atoms with van der Waals surface area (Å²) < 4.78 is 5.52. The predicted molar refractivity (Wildman–Crippen MR) is 61.1 cm³/mol. The van der Waals surface area contributed by atoms with Gasteiger partial charge in [-0.15, -0.1) is 0 Å². The molecule has 0 aromatic heterocycles. The molecule has 0 spiro atoms. The molecule has 3 N–H and O–H groups in total. The van der Waals surface area contributed by atoms with Crippen molar-refractivity contribution in [3.8, 4) is 5.75 Å². The molecular weight excluding hydrogens is 206 g/mol. The van der Waals surface area contributed by atoms with Gasteiger partial charge in [0.2, 0.25) is 0 Å². The van der Waals surface area contributed by atoms with Gasteiger partial charge in [0.05, 0.1) is 0 Å². The molecule has 88 valence electrons. The average molecular weight is 223 g/mol. The van der Waals surface area contributed by atoms with Crippen molar-refractivity contribution in [2.24, 2.45) is 5.73 Å². The van der Waals surface area contributed by atoms with Gasteiger partial charge in [-0.3, -0.25) is 4.79 Å². The number of aliphatic hydroxyl groups excluding tert-OH is 1. The first kappa shape index (κ1) is 12.5. The third-order valence-corrected chi connectivity index (χ3v) is 2.31. The van der Waals surface area contributed by atoms with Crippen LogP contribution in [0.15, 0.2) is 24.3 Å². The summed E-state index contributed by atoms with van der Waals surface area (Å²) in [6, 6.07) is 7.32. The van der Waals surface area contributed by atoms with Crippen LogP contribution >= 0.6 is 0 Å². The fourth-order valence-corrected chi connectivity index (χ4v) is 1.44. The lowest BCUT2D eigenvalue weighted by atomic mass is 10.1. The van der Waals surface area contributed by atoms with Crippen molar-refractivity contribution in [1.82, 2.24) is 0 Å². The Balaban J connectivity index is 2.82. The van der Waals surface area contributed by atoms with Crippen molar-refractivity contribution in [1.29, 1.82) is 0 Å². The van der Waals surface area contributed by atoms with Crippen LogP contribution in [0.2, 0.25) is 0 Å². The Morgan fingerprint density at radius 1 is 1.50 bits per heavy atom. The molecule has 1 aromatic carbocycles. The number of hydrogen-bond acceptors (Lipinski definition) is 3. The number of benzene rings is 1. The van der Waals surface area contributed by atoms with E-state index in [2.05, 4.69) is 0 Å². The Hall–Kier alpha value is -1.55. The van der Waals surface area contributed by atoms with Gasteiger partial charge in [0, 0.05) is 6.61 Å². The molecule has 0 aliphatic heterocycles. The van der Waals surface area contributed by atoms with Crippen LogP contribution in [0.1, 0.15) is 18.9 Å². The van der Waals surface area contributed by atoms with Gasteiger partial charge in [0.15, 0.2) is 6.10 Å². The molecule has 1 atom stereocenters. The molecule has 0 bridgehead atoms. The number of carbonyl (C=O) groups excluding carboxylic acids is 1. The van der Waals surface area contributed by atoms with E-state index >= 15 is 0 Å². The highest BCUT2D eigenvalue weighted by molar-refractivity contribution is 5.79. The molecule has 0 fully saturated rings. The van der Waals surface area contributed by atoms with Gasteiger partial charge in [-0.25, -0.2) is 0 Å². The van der Waals surface area contributed by atoms with E-state index in [1.165, 1.54) is 0 Å². The van der Waals surface area contributed by atoms with Gasteiger partial charge >= 0.3 is 0 Å². The van der Waals surface area contributed by atoms with Crippen LogP contribution in [-0.4, -0.2) is 23.7 Å². The number of primary amides is 1. The second-order valence-electron chi connectivity index (χ2n) is 3.50. The summed E-state index contributed by atoms with van der Waals surface area (Å²) in [6.07, 6.45) is 0.425. The zero-order valence-corrected chi connectivity index (χ0v) is 9.35. The number of aliphatic hydroxyl groups is 1. The van der Waals surface area contributed by atoms with E-state index in [9.17, 15) is 4.79 Å². The minimum absolute atomic E-state index is 0.0493. The van der Waals surface area contributed by atoms with E-state index < -0.39 is 12.0 Å². The molecule has 1 amide bonds. The lowest BCUT2D eigenvalue weighted by molar-refractivity contribution is -0.124. The Kier molecular flexibility index (Phi) is 4.79. The molecule has 0 saturated heterocycles. The number of ether oxygens (including phenoxy) is 1.